The first-order chi connectivity index (χ1) is 10.2. The van der Waals surface area contributed by atoms with Gasteiger partial charge in [-0.1, -0.05) is 18.2 Å². The van der Waals surface area contributed by atoms with Crippen molar-refractivity contribution in [3.63, 3.8) is 0 Å². The van der Waals surface area contributed by atoms with Gasteiger partial charge < -0.3 is 10.1 Å². The third-order valence-corrected chi connectivity index (χ3v) is 3.62. The number of halogens is 2. The SMILES string of the molecule is CNC(c1ccc(OC2CC2)cc1)c1c(F)cccc1F. The molecule has 1 aliphatic rings. The summed E-state index contributed by atoms with van der Waals surface area (Å²) in [5, 5.41) is 2.97. The summed E-state index contributed by atoms with van der Waals surface area (Å²) < 4.78 is 33.5. The Hall–Kier alpha value is -1.94. The quantitative estimate of drug-likeness (QED) is 0.903. The molecule has 0 aliphatic heterocycles. The zero-order valence-electron chi connectivity index (χ0n) is 11.8. The summed E-state index contributed by atoms with van der Waals surface area (Å²) in [6.45, 7) is 0. The van der Waals surface area contributed by atoms with Crippen LogP contribution in [0.3, 0.4) is 0 Å². The highest BCUT2D eigenvalue weighted by Crippen LogP contribution is 2.30. The van der Waals surface area contributed by atoms with E-state index in [4.69, 9.17) is 4.74 Å². The van der Waals surface area contributed by atoms with Crippen molar-refractivity contribution in [1.82, 2.24) is 5.32 Å². The Bertz CT molecular complexity index is 603. The van der Waals surface area contributed by atoms with Crippen molar-refractivity contribution in [2.45, 2.75) is 25.0 Å². The lowest BCUT2D eigenvalue weighted by Crippen LogP contribution is -2.20. The summed E-state index contributed by atoms with van der Waals surface area (Å²) in [5.74, 6) is -0.301. The summed E-state index contributed by atoms with van der Waals surface area (Å²) in [6.07, 6.45) is 2.53. The molecule has 0 spiro atoms. The molecular formula is C17H17F2NO. The lowest BCUT2D eigenvalue weighted by atomic mass is 9.98. The third kappa shape index (κ3) is 3.05. The lowest BCUT2D eigenvalue weighted by molar-refractivity contribution is 0.303. The zero-order chi connectivity index (χ0) is 14.8. The minimum absolute atomic E-state index is 0.0378. The Morgan fingerprint density at radius 2 is 1.67 bits per heavy atom. The smallest absolute Gasteiger partial charge is 0.131 e. The van der Waals surface area contributed by atoms with Gasteiger partial charge in [-0.15, -0.1) is 0 Å². The zero-order valence-corrected chi connectivity index (χ0v) is 11.8. The van der Waals surface area contributed by atoms with Gasteiger partial charge in [0.2, 0.25) is 0 Å². The van der Waals surface area contributed by atoms with Crippen LogP contribution in [0.1, 0.15) is 30.0 Å². The fourth-order valence-corrected chi connectivity index (χ4v) is 2.38. The summed E-state index contributed by atoms with van der Waals surface area (Å²) >= 11 is 0. The molecular weight excluding hydrogens is 272 g/mol. The molecule has 0 saturated heterocycles. The van der Waals surface area contributed by atoms with E-state index in [2.05, 4.69) is 5.32 Å². The van der Waals surface area contributed by atoms with E-state index in [1.807, 2.05) is 24.3 Å². The second kappa shape index (κ2) is 5.82. The maximum atomic E-state index is 13.9. The molecule has 2 nitrogen and oxygen atoms in total. The average molecular weight is 289 g/mol. The summed E-state index contributed by atoms with van der Waals surface area (Å²) in [5.41, 5.74) is 0.834. The molecule has 110 valence electrons. The Labute approximate surface area is 122 Å². The second-order valence-electron chi connectivity index (χ2n) is 5.24. The normalized spacial score (nSPS) is 15.8. The Morgan fingerprint density at radius 1 is 1.05 bits per heavy atom. The molecule has 0 aromatic heterocycles. The first-order valence-electron chi connectivity index (χ1n) is 7.07. The standard InChI is InChI=1S/C17H17F2NO/c1-20-17(16-14(18)3-2-4-15(16)19)11-5-7-12(8-6-11)21-13-9-10-13/h2-8,13,17,20H,9-10H2,1H3. The number of nitrogens with one attached hydrogen (secondary N) is 1. The third-order valence-electron chi connectivity index (χ3n) is 3.62. The van der Waals surface area contributed by atoms with Crippen molar-refractivity contribution in [2.24, 2.45) is 0 Å². The fraction of sp³-hybridized carbons (Fsp3) is 0.294. The molecule has 1 N–H and O–H groups in total. The molecule has 1 aliphatic carbocycles. The summed E-state index contributed by atoms with van der Waals surface area (Å²) in [4.78, 5) is 0. The topological polar surface area (TPSA) is 21.3 Å². The van der Waals surface area contributed by atoms with Gasteiger partial charge in [-0.3, -0.25) is 0 Å². The van der Waals surface area contributed by atoms with E-state index in [9.17, 15) is 8.78 Å². The van der Waals surface area contributed by atoms with Gasteiger partial charge >= 0.3 is 0 Å². The van der Waals surface area contributed by atoms with Crippen LogP contribution < -0.4 is 10.1 Å². The maximum Gasteiger partial charge on any atom is 0.131 e. The molecule has 4 heteroatoms. The molecule has 1 atom stereocenters. The highest BCUT2D eigenvalue weighted by molar-refractivity contribution is 5.37. The minimum atomic E-state index is -0.548. The van der Waals surface area contributed by atoms with Gasteiger partial charge in [0.1, 0.15) is 17.4 Å². The summed E-state index contributed by atoms with van der Waals surface area (Å²) in [6, 6.07) is 10.7. The van der Waals surface area contributed by atoms with Crippen molar-refractivity contribution in [3.8, 4) is 5.75 Å². The fourth-order valence-electron chi connectivity index (χ4n) is 2.38. The van der Waals surface area contributed by atoms with E-state index in [1.165, 1.54) is 18.2 Å². The van der Waals surface area contributed by atoms with Gasteiger partial charge in [-0.2, -0.15) is 0 Å². The molecule has 1 fully saturated rings. The molecule has 1 unspecified atom stereocenters. The van der Waals surface area contributed by atoms with E-state index >= 15 is 0 Å². The first-order valence-corrected chi connectivity index (χ1v) is 7.07. The number of benzene rings is 2. The van der Waals surface area contributed by atoms with Crippen molar-refractivity contribution in [2.75, 3.05) is 7.05 Å². The molecule has 1 saturated carbocycles. The van der Waals surface area contributed by atoms with Crippen LogP contribution in [0.25, 0.3) is 0 Å². The molecule has 3 rings (SSSR count). The first kappa shape index (κ1) is 14.0. The molecule has 2 aromatic rings. The Kier molecular flexibility index (Phi) is 3.88. The molecule has 21 heavy (non-hydrogen) atoms. The lowest BCUT2D eigenvalue weighted by Gasteiger charge is -2.19. The van der Waals surface area contributed by atoms with Crippen LogP contribution >= 0.6 is 0 Å². The number of rotatable bonds is 5. The van der Waals surface area contributed by atoms with Crippen LogP contribution in [0.4, 0.5) is 8.78 Å². The van der Waals surface area contributed by atoms with Crippen LogP contribution in [0, 0.1) is 11.6 Å². The van der Waals surface area contributed by atoms with Gasteiger partial charge in [0, 0.05) is 5.56 Å². The van der Waals surface area contributed by atoms with Crippen LogP contribution in [0.5, 0.6) is 5.75 Å². The minimum Gasteiger partial charge on any atom is -0.490 e. The number of hydrogen-bond donors (Lipinski definition) is 1. The number of ether oxygens (including phenoxy) is 1. The van der Waals surface area contributed by atoms with Gasteiger partial charge in [-0.25, -0.2) is 8.78 Å². The molecule has 0 bridgehead atoms. The predicted octanol–water partition coefficient (Wildman–Crippen LogP) is 3.81. The van der Waals surface area contributed by atoms with Crippen molar-refractivity contribution >= 4 is 0 Å². The van der Waals surface area contributed by atoms with Gasteiger partial charge in [0.05, 0.1) is 12.1 Å². The van der Waals surface area contributed by atoms with Crippen molar-refractivity contribution < 1.29 is 13.5 Å². The average Bonchev–Trinajstić information content (AvgIpc) is 3.28. The van der Waals surface area contributed by atoms with E-state index < -0.39 is 17.7 Å². The number of hydrogen-bond acceptors (Lipinski definition) is 2. The van der Waals surface area contributed by atoms with Crippen molar-refractivity contribution in [3.05, 3.63) is 65.2 Å². The van der Waals surface area contributed by atoms with Gasteiger partial charge in [0.15, 0.2) is 0 Å². The van der Waals surface area contributed by atoms with Crippen molar-refractivity contribution in [1.29, 1.82) is 0 Å². The second-order valence-corrected chi connectivity index (χ2v) is 5.24. The van der Waals surface area contributed by atoms with Crippen LogP contribution in [0.15, 0.2) is 42.5 Å². The van der Waals surface area contributed by atoms with Gasteiger partial charge in [0.25, 0.3) is 0 Å². The molecule has 0 radical (unpaired) electrons. The van der Waals surface area contributed by atoms with E-state index in [0.29, 0.717) is 6.10 Å². The molecule has 0 amide bonds. The largest absolute Gasteiger partial charge is 0.490 e. The van der Waals surface area contributed by atoms with E-state index in [1.54, 1.807) is 7.05 Å². The van der Waals surface area contributed by atoms with Crippen LogP contribution in [0.2, 0.25) is 0 Å². The van der Waals surface area contributed by atoms with E-state index in [-0.39, 0.29) is 5.56 Å². The van der Waals surface area contributed by atoms with Crippen LogP contribution in [-0.4, -0.2) is 13.2 Å². The summed E-state index contributed by atoms with van der Waals surface area (Å²) in [7, 11) is 1.69. The monoisotopic (exact) mass is 289 g/mol. The highest BCUT2D eigenvalue weighted by atomic mass is 19.1. The van der Waals surface area contributed by atoms with Crippen LogP contribution in [-0.2, 0) is 0 Å². The highest BCUT2D eigenvalue weighted by Gasteiger charge is 2.24. The van der Waals surface area contributed by atoms with Gasteiger partial charge in [-0.05, 0) is 49.7 Å². The predicted molar refractivity (Wildman–Crippen MR) is 77.4 cm³/mol. The molecule has 2 aromatic carbocycles. The Balaban J connectivity index is 1.88. The Morgan fingerprint density at radius 3 is 2.19 bits per heavy atom. The van der Waals surface area contributed by atoms with E-state index in [0.717, 1.165) is 24.2 Å². The molecule has 0 heterocycles. The maximum absolute atomic E-state index is 13.9.